The van der Waals surface area contributed by atoms with Crippen molar-refractivity contribution in [1.29, 1.82) is 5.41 Å². The Morgan fingerprint density at radius 3 is 2.45 bits per heavy atom. The summed E-state index contributed by atoms with van der Waals surface area (Å²) in [7, 11) is 1.35. The number of halogens is 3. The van der Waals surface area contributed by atoms with E-state index < -0.39 is 54.5 Å². The van der Waals surface area contributed by atoms with Crippen LogP contribution in [-0.2, 0) is 29.8 Å². The van der Waals surface area contributed by atoms with Crippen LogP contribution < -0.4 is 16.4 Å². The summed E-state index contributed by atoms with van der Waals surface area (Å²) in [6, 6.07) is 9.81. The molecule has 1 aromatic heterocycles. The number of fused-ring (bicyclic) bond motifs is 3. The van der Waals surface area contributed by atoms with E-state index >= 15 is 13.2 Å². The summed E-state index contributed by atoms with van der Waals surface area (Å²) in [4.78, 5) is 53.4. The van der Waals surface area contributed by atoms with Gasteiger partial charge in [0.2, 0.25) is 11.8 Å². The van der Waals surface area contributed by atoms with E-state index in [-0.39, 0.29) is 53.7 Å². The van der Waals surface area contributed by atoms with Gasteiger partial charge in [0.15, 0.2) is 5.67 Å². The molecule has 15 heteroatoms. The number of nitrogens with zero attached hydrogens (tertiary/aromatic N) is 1. The van der Waals surface area contributed by atoms with Crippen LogP contribution in [-0.4, -0.2) is 79.6 Å². The molecule has 5 N–H and O–H groups in total. The van der Waals surface area contributed by atoms with Crippen molar-refractivity contribution in [3.63, 3.8) is 0 Å². The van der Waals surface area contributed by atoms with Gasteiger partial charge >= 0.3 is 5.97 Å². The fourth-order valence-electron chi connectivity index (χ4n) is 6.68. The third kappa shape index (κ3) is 9.25. The number of unbranched alkanes of at least 4 members (excludes halogenated alkanes) is 4. The second-order valence-corrected chi connectivity index (χ2v) is 14.4. The van der Waals surface area contributed by atoms with Crippen LogP contribution in [0.3, 0.4) is 0 Å². The average molecular weight is 756 g/mol. The van der Waals surface area contributed by atoms with Crippen LogP contribution in [0.2, 0.25) is 0 Å². The van der Waals surface area contributed by atoms with Crippen molar-refractivity contribution < 1.29 is 41.8 Å². The van der Waals surface area contributed by atoms with Gasteiger partial charge in [0.05, 0.1) is 32.8 Å². The number of hydrogen-bond acceptors (Lipinski definition) is 8. The number of carbonyl (C=O) groups is 4. The molecule has 1 aliphatic carbocycles. The van der Waals surface area contributed by atoms with Gasteiger partial charge < -0.3 is 30.7 Å². The summed E-state index contributed by atoms with van der Waals surface area (Å²) in [6.45, 7) is 0.635. The zero-order chi connectivity index (χ0) is 38.3. The number of nitrogens with one attached hydrogen (secondary N) is 3. The topological polar surface area (TPSA) is 164 Å². The lowest BCUT2D eigenvalue weighted by Crippen LogP contribution is -2.49. The van der Waals surface area contributed by atoms with Gasteiger partial charge in [0.25, 0.3) is 11.8 Å². The summed E-state index contributed by atoms with van der Waals surface area (Å²) < 4.78 is 56.7. The lowest BCUT2D eigenvalue weighted by molar-refractivity contribution is -0.140. The van der Waals surface area contributed by atoms with E-state index in [0.717, 1.165) is 30.6 Å². The first kappa shape index (κ1) is 39.4. The second-order valence-electron chi connectivity index (χ2n) is 13.5. The van der Waals surface area contributed by atoms with Gasteiger partial charge in [0.1, 0.15) is 11.9 Å². The van der Waals surface area contributed by atoms with E-state index in [9.17, 15) is 19.2 Å². The number of likely N-dealkylation sites (tertiary alicyclic amines) is 1. The second kappa shape index (κ2) is 16.9. The zero-order valence-corrected chi connectivity index (χ0v) is 30.5. The summed E-state index contributed by atoms with van der Waals surface area (Å²) in [5, 5.41) is 14.7. The summed E-state index contributed by atoms with van der Waals surface area (Å²) in [6.07, 6.45) is 3.96. The Morgan fingerprint density at radius 2 is 1.72 bits per heavy atom. The van der Waals surface area contributed by atoms with Crippen LogP contribution in [0.4, 0.5) is 13.2 Å². The van der Waals surface area contributed by atoms with Crippen molar-refractivity contribution in [2.75, 3.05) is 33.4 Å². The van der Waals surface area contributed by atoms with E-state index in [1.54, 1.807) is 30.5 Å². The van der Waals surface area contributed by atoms with E-state index in [1.165, 1.54) is 48.8 Å². The predicted octanol–water partition coefficient (Wildman–Crippen LogP) is 5.60. The molecule has 1 unspecified atom stereocenters. The van der Waals surface area contributed by atoms with Crippen molar-refractivity contribution in [3.8, 4) is 11.1 Å². The maximum Gasteiger partial charge on any atom is 0.305 e. The van der Waals surface area contributed by atoms with Crippen LogP contribution in [0.1, 0.15) is 89.8 Å². The number of esters is 1. The van der Waals surface area contributed by atoms with Crippen LogP contribution in [0.15, 0.2) is 53.9 Å². The number of hydrogen-bond donors (Lipinski definition) is 4. The van der Waals surface area contributed by atoms with Gasteiger partial charge in [-0.3, -0.25) is 24.6 Å². The van der Waals surface area contributed by atoms with Gasteiger partial charge in [-0.15, -0.1) is 11.3 Å². The number of alkyl halides is 3. The van der Waals surface area contributed by atoms with E-state index in [2.05, 4.69) is 15.4 Å². The molecule has 0 saturated carbocycles. The fraction of sp³-hybridized carbons (Fsp3) is 0.447. The van der Waals surface area contributed by atoms with E-state index in [0.29, 0.717) is 28.8 Å². The number of benzene rings is 2. The molecule has 0 spiro atoms. The zero-order valence-electron chi connectivity index (χ0n) is 29.6. The van der Waals surface area contributed by atoms with Crippen molar-refractivity contribution in [2.45, 2.75) is 75.5 Å². The monoisotopic (exact) mass is 755 g/mol. The third-order valence-corrected chi connectivity index (χ3v) is 10.7. The van der Waals surface area contributed by atoms with Crippen molar-refractivity contribution in [1.82, 2.24) is 15.5 Å². The van der Waals surface area contributed by atoms with Gasteiger partial charge in [-0.2, -0.15) is 8.78 Å². The number of methoxy groups -OCH3 is 1. The first-order chi connectivity index (χ1) is 25.2. The molecular formula is C38H44F3N5O6S. The Morgan fingerprint density at radius 1 is 1.00 bits per heavy atom. The molecule has 1 fully saturated rings. The normalized spacial score (nSPS) is 18.9. The molecule has 1 saturated heterocycles. The van der Waals surface area contributed by atoms with Gasteiger partial charge in [-0.1, -0.05) is 49.6 Å². The maximum atomic E-state index is 16.3. The molecule has 11 nitrogen and oxygen atoms in total. The average Bonchev–Trinajstić information content (AvgIpc) is 3.84. The predicted molar refractivity (Wildman–Crippen MR) is 194 cm³/mol. The summed E-state index contributed by atoms with van der Waals surface area (Å²) in [5.41, 5.74) is 4.26. The number of nitrogen functional groups attached to an aromatic ring is 1. The molecule has 3 aromatic rings. The molecule has 3 atom stereocenters. The number of rotatable bonds is 17. The number of amidine groups is 1. The standard InChI is InChI=1S/C38H44F3N5O6S/c1-23(31-17-25(20-53-31)34(42)43)45-36(50)30-18-37(39,22-52-15-9-5-3-4-6-12-33(48)51-2)21-46(30)32(47)19-44-35(49)24-13-14-29-27(16-24)26-10-7-8-11-28(26)38(29,40)41/h7-8,10-11,13-14,16-17,20,23,30H,3-6,9,12,15,18-19,21-22H2,1-2H3,(H3,42,43)(H,44,49)(H,45,50)/t23?,30-,37+/m0/s1. The highest BCUT2D eigenvalue weighted by atomic mass is 32.1. The molecule has 3 amide bonds. The lowest BCUT2D eigenvalue weighted by atomic mass is 10.0. The molecule has 2 aromatic carbocycles. The largest absolute Gasteiger partial charge is 0.469 e. The molecule has 2 aliphatic rings. The molecule has 5 rings (SSSR count). The SMILES string of the molecule is COC(=O)CCCCCCCOC[C@@]1(F)C[C@@H](C(=O)NC(C)c2cc(C(=N)N)cs2)N(C(=O)CNC(=O)c2ccc3c(c2)-c2ccccc2C3(F)F)C1. The minimum Gasteiger partial charge on any atom is -0.469 e. The van der Waals surface area contributed by atoms with E-state index in [4.69, 9.17) is 15.9 Å². The molecule has 1 aliphatic heterocycles. The lowest BCUT2D eigenvalue weighted by Gasteiger charge is -2.25. The number of carbonyl (C=O) groups excluding carboxylic acids is 4. The first-order valence-corrected chi connectivity index (χ1v) is 18.4. The summed E-state index contributed by atoms with van der Waals surface area (Å²) >= 11 is 1.29. The Balaban J connectivity index is 1.21. The Labute approximate surface area is 309 Å². The fourth-order valence-corrected chi connectivity index (χ4v) is 7.59. The Hall–Kier alpha value is -4.76. The minimum atomic E-state index is -3.21. The first-order valence-electron chi connectivity index (χ1n) is 17.5. The highest BCUT2D eigenvalue weighted by molar-refractivity contribution is 7.10. The van der Waals surface area contributed by atoms with Crippen LogP contribution in [0.25, 0.3) is 11.1 Å². The van der Waals surface area contributed by atoms with Crippen LogP contribution >= 0.6 is 11.3 Å². The molecule has 53 heavy (non-hydrogen) atoms. The van der Waals surface area contributed by atoms with E-state index in [1.807, 2.05) is 0 Å². The molecule has 0 bridgehead atoms. The van der Waals surface area contributed by atoms with Crippen molar-refractivity contribution in [2.24, 2.45) is 5.73 Å². The van der Waals surface area contributed by atoms with Gasteiger partial charge in [0, 0.05) is 52.0 Å². The van der Waals surface area contributed by atoms with Gasteiger partial charge in [-0.25, -0.2) is 4.39 Å². The Kier molecular flexibility index (Phi) is 12.6. The highest BCUT2D eigenvalue weighted by Crippen LogP contribution is 2.51. The minimum absolute atomic E-state index is 0.0613. The molecule has 0 radical (unpaired) electrons. The number of thiophene rings is 1. The maximum absolute atomic E-state index is 16.3. The molecule has 2 heterocycles. The third-order valence-electron chi connectivity index (χ3n) is 9.56. The quantitative estimate of drug-likeness (QED) is 0.0603. The van der Waals surface area contributed by atoms with Crippen molar-refractivity contribution >= 4 is 40.9 Å². The van der Waals surface area contributed by atoms with Crippen LogP contribution in [0, 0.1) is 5.41 Å². The van der Waals surface area contributed by atoms with Gasteiger partial charge in [-0.05, 0) is 49.1 Å². The number of nitrogens with two attached hydrogens (primary N) is 1. The highest BCUT2D eigenvalue weighted by Gasteiger charge is 2.50. The smallest absolute Gasteiger partial charge is 0.305 e. The molecule has 284 valence electrons. The van der Waals surface area contributed by atoms with Crippen molar-refractivity contribution in [3.05, 3.63) is 81.0 Å². The van der Waals surface area contributed by atoms with Crippen LogP contribution in [0.5, 0.6) is 0 Å². The number of ether oxygens (including phenoxy) is 2. The Bertz CT molecular complexity index is 1850. The summed E-state index contributed by atoms with van der Waals surface area (Å²) in [5.74, 6) is -5.58. The number of amides is 3. The molecular weight excluding hydrogens is 712 g/mol.